The summed E-state index contributed by atoms with van der Waals surface area (Å²) in [6, 6.07) is 0. The molecule has 8 nitrogen and oxygen atoms in total. The summed E-state index contributed by atoms with van der Waals surface area (Å²) in [5, 5.41) is 29.8. The smallest absolute Gasteiger partial charge is 0.518 e. The molecule has 0 saturated heterocycles. The highest BCUT2D eigenvalue weighted by atomic mass is 32.2. The normalized spacial score (nSPS) is 23.4. The van der Waals surface area contributed by atoms with E-state index in [0.29, 0.717) is 0 Å². The maximum Gasteiger partial charge on any atom is 0.518 e. The van der Waals surface area contributed by atoms with Gasteiger partial charge in [-0.15, -0.1) is 0 Å². The standard InChI is InChI=1S/C13H20F3NO7S/c1-12(6-18,7-19)11(21)24-9-4-2-8(3-5-9)10(20)17-25(22,23)13(14,15)16/h8-9,18-19H,2-7H2,1H3,(H,17,20)/p-1. The molecule has 0 heterocycles. The minimum absolute atomic E-state index is 0.00260. The quantitative estimate of drug-likeness (QED) is 0.361. The van der Waals surface area contributed by atoms with E-state index in [4.69, 9.17) is 14.9 Å². The van der Waals surface area contributed by atoms with Gasteiger partial charge in [0.15, 0.2) is 0 Å². The number of carbonyl (C=O) groups excluding carboxylic acids is 1. The van der Waals surface area contributed by atoms with Crippen LogP contribution in [-0.4, -0.2) is 55.3 Å². The van der Waals surface area contributed by atoms with Gasteiger partial charge in [0.25, 0.3) is 0 Å². The van der Waals surface area contributed by atoms with Crippen molar-refractivity contribution in [2.24, 2.45) is 15.7 Å². The van der Waals surface area contributed by atoms with Gasteiger partial charge >= 0.3 is 21.5 Å². The molecular formula is C13H19F3NO7S-. The van der Waals surface area contributed by atoms with Gasteiger partial charge in [-0.3, -0.25) is 4.79 Å². The van der Waals surface area contributed by atoms with E-state index >= 15 is 0 Å². The summed E-state index contributed by atoms with van der Waals surface area (Å²) in [7, 11) is -5.87. The number of alkyl halides is 3. The number of rotatable bonds is 6. The van der Waals surface area contributed by atoms with E-state index in [1.54, 1.807) is 0 Å². The summed E-state index contributed by atoms with van der Waals surface area (Å²) in [5.41, 5.74) is -7.11. The lowest BCUT2D eigenvalue weighted by Crippen LogP contribution is -2.41. The Morgan fingerprint density at radius 3 is 2.08 bits per heavy atom. The van der Waals surface area contributed by atoms with Gasteiger partial charge in [0.1, 0.15) is 11.5 Å². The minimum Gasteiger partial charge on any atom is -0.861 e. The zero-order valence-electron chi connectivity index (χ0n) is 13.3. The highest BCUT2D eigenvalue weighted by Crippen LogP contribution is 2.30. The van der Waals surface area contributed by atoms with E-state index < -0.39 is 58.0 Å². The molecule has 2 N–H and O–H groups in total. The van der Waals surface area contributed by atoms with Gasteiger partial charge in [0.05, 0.1) is 13.2 Å². The monoisotopic (exact) mass is 390 g/mol. The second kappa shape index (κ2) is 7.87. The van der Waals surface area contributed by atoms with Crippen molar-refractivity contribution in [1.29, 1.82) is 0 Å². The number of aliphatic hydroxyl groups is 2. The molecule has 0 amide bonds. The summed E-state index contributed by atoms with van der Waals surface area (Å²) in [6.45, 7) is 0.0278. The van der Waals surface area contributed by atoms with Crippen LogP contribution >= 0.6 is 0 Å². The number of sulfonamides is 1. The first kappa shape index (κ1) is 21.6. The molecule has 1 aliphatic rings. The van der Waals surface area contributed by atoms with Gasteiger partial charge in [-0.05, 0) is 44.4 Å². The van der Waals surface area contributed by atoms with Crippen LogP contribution in [0.3, 0.4) is 0 Å². The van der Waals surface area contributed by atoms with Crippen molar-refractivity contribution < 1.29 is 46.4 Å². The first-order valence-corrected chi connectivity index (χ1v) is 8.81. The highest BCUT2D eigenvalue weighted by molar-refractivity contribution is 7.91. The van der Waals surface area contributed by atoms with Gasteiger partial charge in [-0.2, -0.15) is 26.0 Å². The molecule has 25 heavy (non-hydrogen) atoms. The van der Waals surface area contributed by atoms with Gasteiger partial charge < -0.3 is 20.1 Å². The lowest BCUT2D eigenvalue weighted by atomic mass is 9.87. The van der Waals surface area contributed by atoms with Crippen molar-refractivity contribution >= 4 is 21.9 Å². The predicted molar refractivity (Wildman–Crippen MR) is 76.5 cm³/mol. The third-order valence-electron chi connectivity index (χ3n) is 3.99. The van der Waals surface area contributed by atoms with Crippen LogP contribution in [0.2, 0.25) is 0 Å². The van der Waals surface area contributed by atoms with Gasteiger partial charge in [0, 0.05) is 0 Å². The largest absolute Gasteiger partial charge is 0.861 e. The van der Waals surface area contributed by atoms with Crippen molar-refractivity contribution in [2.75, 3.05) is 13.2 Å². The van der Waals surface area contributed by atoms with E-state index in [0.717, 1.165) is 0 Å². The highest BCUT2D eigenvalue weighted by Gasteiger charge is 2.46. The van der Waals surface area contributed by atoms with Crippen LogP contribution in [0.5, 0.6) is 0 Å². The lowest BCUT2D eigenvalue weighted by molar-refractivity contribution is -0.225. The molecule has 0 aromatic heterocycles. The second-order valence-electron chi connectivity index (χ2n) is 6.11. The molecule has 0 aromatic carbocycles. The fourth-order valence-corrected chi connectivity index (χ4v) is 2.63. The first-order valence-electron chi connectivity index (χ1n) is 7.37. The van der Waals surface area contributed by atoms with Crippen molar-refractivity contribution in [1.82, 2.24) is 0 Å². The zero-order chi connectivity index (χ0) is 19.5. The number of hydrogen-bond donors (Lipinski definition) is 2. The molecule has 1 saturated carbocycles. The number of esters is 1. The summed E-state index contributed by atoms with van der Waals surface area (Å²) in [5.74, 6) is -3.22. The second-order valence-corrected chi connectivity index (χ2v) is 7.70. The molecule has 0 bridgehead atoms. The third-order valence-corrected chi connectivity index (χ3v) is 5.00. The van der Waals surface area contributed by atoms with Gasteiger partial charge in [0.2, 0.25) is 0 Å². The lowest BCUT2D eigenvalue weighted by Gasteiger charge is -2.33. The maximum atomic E-state index is 12.2. The average Bonchev–Trinajstić information content (AvgIpc) is 2.53. The molecule has 0 aliphatic heterocycles. The van der Waals surface area contributed by atoms with E-state index in [2.05, 4.69) is 4.40 Å². The van der Waals surface area contributed by atoms with E-state index in [-0.39, 0.29) is 25.7 Å². The molecule has 1 aliphatic carbocycles. The summed E-state index contributed by atoms with van der Waals surface area (Å²) < 4.78 is 65.8. The van der Waals surface area contributed by atoms with E-state index in [9.17, 15) is 31.5 Å². The molecule has 0 spiro atoms. The number of hydrogen-bond acceptors (Lipinski definition) is 7. The van der Waals surface area contributed by atoms with E-state index in [1.807, 2.05) is 0 Å². The van der Waals surface area contributed by atoms with Crippen LogP contribution in [0.1, 0.15) is 32.6 Å². The summed E-state index contributed by atoms with van der Waals surface area (Å²) >= 11 is 0. The third kappa shape index (κ3) is 5.28. The average molecular weight is 390 g/mol. The predicted octanol–water partition coefficient (Wildman–Crippen LogP) is -0.312. The SMILES string of the molecule is CC(CO)(CO)C(=O)OC1CCC(/C([O-])=N/S(=O)(=O)C(F)(F)F)CC1. The molecule has 1 fully saturated rings. The van der Waals surface area contributed by atoms with Crippen LogP contribution in [0.4, 0.5) is 13.2 Å². The summed E-state index contributed by atoms with van der Waals surface area (Å²) in [4.78, 5) is 11.9. The number of carbonyl (C=O) groups is 1. The Labute approximate surface area is 142 Å². The van der Waals surface area contributed by atoms with Crippen molar-refractivity contribution in [3.8, 4) is 0 Å². The Kier molecular flexibility index (Phi) is 6.81. The number of aliphatic hydroxyl groups excluding tert-OH is 2. The number of nitrogens with zero attached hydrogens (tertiary/aromatic N) is 1. The van der Waals surface area contributed by atoms with E-state index in [1.165, 1.54) is 6.92 Å². The van der Waals surface area contributed by atoms with Crippen molar-refractivity contribution in [3.05, 3.63) is 0 Å². The van der Waals surface area contributed by atoms with Gasteiger partial charge in [-0.1, -0.05) is 0 Å². The van der Waals surface area contributed by atoms with Crippen LogP contribution in [0, 0.1) is 11.3 Å². The number of halogens is 3. The minimum atomic E-state index is -5.87. The molecule has 0 unspecified atom stereocenters. The Balaban J connectivity index is 2.66. The molecular weight excluding hydrogens is 371 g/mol. The Hall–Kier alpha value is -1.40. The molecule has 146 valence electrons. The molecule has 1 rings (SSSR count). The summed E-state index contributed by atoms with van der Waals surface area (Å²) in [6.07, 6.45) is -0.397. The molecule has 0 aromatic rings. The fourth-order valence-electron chi connectivity index (χ4n) is 2.15. The van der Waals surface area contributed by atoms with Crippen LogP contribution in [0.25, 0.3) is 0 Å². The van der Waals surface area contributed by atoms with Crippen molar-refractivity contribution in [2.45, 2.75) is 44.2 Å². The van der Waals surface area contributed by atoms with Crippen molar-refractivity contribution in [3.63, 3.8) is 0 Å². The van der Waals surface area contributed by atoms with Crippen LogP contribution < -0.4 is 5.11 Å². The fraction of sp³-hybridized carbons (Fsp3) is 0.846. The Morgan fingerprint density at radius 1 is 1.20 bits per heavy atom. The Bertz CT molecular complexity index is 606. The zero-order valence-corrected chi connectivity index (χ0v) is 14.1. The maximum absolute atomic E-state index is 12.2. The molecule has 0 atom stereocenters. The van der Waals surface area contributed by atoms with Gasteiger partial charge in [-0.25, -0.2) is 0 Å². The van der Waals surface area contributed by atoms with Crippen LogP contribution in [0.15, 0.2) is 4.40 Å². The topological polar surface area (TPSA) is 136 Å². The molecule has 0 radical (unpaired) electrons. The Morgan fingerprint density at radius 2 is 1.68 bits per heavy atom. The van der Waals surface area contributed by atoms with Crippen LogP contribution in [-0.2, 0) is 19.6 Å². The number of ether oxygens (including phenoxy) is 1. The molecule has 12 heteroatoms. The first-order chi connectivity index (χ1) is 11.4.